The van der Waals surface area contributed by atoms with E-state index in [4.69, 9.17) is 25.7 Å². The van der Waals surface area contributed by atoms with E-state index in [0.717, 1.165) is 23.5 Å². The van der Waals surface area contributed by atoms with Gasteiger partial charge in [-0.05, 0) is 74.3 Å². The highest BCUT2D eigenvalue weighted by Crippen LogP contribution is 2.28. The lowest BCUT2D eigenvalue weighted by atomic mass is 10.2. The number of hydrogen-bond acceptors (Lipinski definition) is 10. The number of rotatable bonds is 12. The van der Waals surface area contributed by atoms with Crippen molar-refractivity contribution in [1.29, 1.82) is 0 Å². The first kappa shape index (κ1) is 27.5. The summed E-state index contributed by atoms with van der Waals surface area (Å²) in [5.41, 5.74) is 2.90. The molecule has 0 bridgehead atoms. The van der Waals surface area contributed by atoms with Crippen LogP contribution in [0.15, 0.2) is 76.8 Å². The van der Waals surface area contributed by atoms with Gasteiger partial charge in [0.15, 0.2) is 23.1 Å². The normalized spacial score (nSPS) is 11.8. The van der Waals surface area contributed by atoms with Gasteiger partial charge >= 0.3 is 0 Å². The van der Waals surface area contributed by atoms with E-state index in [1.54, 1.807) is 30.3 Å². The Morgan fingerprint density at radius 2 is 1.78 bits per heavy atom. The van der Waals surface area contributed by atoms with Crippen LogP contribution in [0, 0.1) is 0 Å². The fourth-order valence-electron chi connectivity index (χ4n) is 2.94. The molecule has 4 aromatic rings. The van der Waals surface area contributed by atoms with E-state index in [9.17, 15) is 13.0 Å². The molecule has 0 aliphatic carbocycles. The van der Waals surface area contributed by atoms with Crippen LogP contribution in [0.4, 0.5) is 5.69 Å². The standard InChI is InChI=1S/C23H23ClN4O6S3/c1-27(2)15-32-28(36-34-33-19-9-5-17(24)6-10-19)18-7-3-16(4-8-18)14-35-23-25-21-12-11-20(37(29,30)31)13-22(21)26-23/h3-13H,14-15H2,1-2H3,(H,25,26)(H,29,30,31). The molecule has 196 valence electrons. The second-order valence-electron chi connectivity index (χ2n) is 7.93. The van der Waals surface area contributed by atoms with E-state index in [1.165, 1.54) is 28.4 Å². The Hall–Kier alpha value is -2.49. The first-order chi connectivity index (χ1) is 17.7. The lowest BCUT2D eigenvalue weighted by molar-refractivity contribution is -0.0819. The van der Waals surface area contributed by atoms with E-state index in [-0.39, 0.29) is 4.90 Å². The van der Waals surface area contributed by atoms with Gasteiger partial charge in [-0.15, -0.1) is 0 Å². The van der Waals surface area contributed by atoms with Gasteiger partial charge in [0.05, 0.1) is 21.6 Å². The van der Waals surface area contributed by atoms with Crippen LogP contribution in [0.1, 0.15) is 5.56 Å². The van der Waals surface area contributed by atoms with Crippen LogP contribution in [0.25, 0.3) is 11.0 Å². The highest BCUT2D eigenvalue weighted by atomic mass is 35.5. The van der Waals surface area contributed by atoms with Crippen LogP contribution in [0.3, 0.4) is 0 Å². The van der Waals surface area contributed by atoms with Crippen LogP contribution in [0.5, 0.6) is 5.75 Å². The van der Waals surface area contributed by atoms with E-state index < -0.39 is 10.1 Å². The van der Waals surface area contributed by atoms with E-state index in [2.05, 4.69) is 9.97 Å². The molecule has 10 nitrogen and oxygen atoms in total. The van der Waals surface area contributed by atoms with Crippen LogP contribution in [-0.4, -0.2) is 48.7 Å². The molecule has 2 N–H and O–H groups in total. The van der Waals surface area contributed by atoms with Gasteiger partial charge in [0, 0.05) is 10.8 Å². The zero-order valence-electron chi connectivity index (χ0n) is 19.7. The van der Waals surface area contributed by atoms with Gasteiger partial charge in [-0.25, -0.2) is 9.82 Å². The molecule has 0 aliphatic rings. The van der Waals surface area contributed by atoms with Crippen molar-refractivity contribution in [3.05, 3.63) is 77.3 Å². The summed E-state index contributed by atoms with van der Waals surface area (Å²) in [7, 11) is -0.508. The molecule has 0 amide bonds. The largest absolute Gasteiger partial charge is 0.333 e. The summed E-state index contributed by atoms with van der Waals surface area (Å²) in [5.74, 6) is 1.12. The number of nitrogens with zero attached hydrogens (tertiary/aromatic N) is 3. The van der Waals surface area contributed by atoms with Crippen molar-refractivity contribution in [3.63, 3.8) is 0 Å². The number of hydrogen-bond donors (Lipinski definition) is 2. The summed E-state index contributed by atoms with van der Waals surface area (Å²) in [6.07, 6.45) is 0. The van der Waals surface area contributed by atoms with Crippen molar-refractivity contribution in [2.75, 3.05) is 25.3 Å². The van der Waals surface area contributed by atoms with Crippen molar-refractivity contribution in [2.45, 2.75) is 15.8 Å². The third-order valence-corrected chi connectivity index (χ3v) is 7.35. The molecular formula is C23H23ClN4O6S3. The first-order valence-electron chi connectivity index (χ1n) is 10.7. The summed E-state index contributed by atoms with van der Waals surface area (Å²) in [6, 6.07) is 18.7. The van der Waals surface area contributed by atoms with Crippen LogP contribution in [-0.2, 0) is 25.0 Å². The minimum atomic E-state index is -4.28. The fourth-order valence-corrected chi connectivity index (χ4v) is 4.87. The SMILES string of the molecule is CN(C)CON(SOOc1ccc(Cl)cc1)c1ccc(CSc2nc3ccc(S(=O)(=O)O)cc3[nH]2)cc1. The maximum absolute atomic E-state index is 11.4. The number of benzene rings is 3. The number of aromatic nitrogens is 2. The summed E-state index contributed by atoms with van der Waals surface area (Å²) in [6.45, 7) is 0.320. The van der Waals surface area contributed by atoms with Crippen LogP contribution in [0.2, 0.25) is 5.02 Å². The molecular weight excluding hydrogens is 560 g/mol. The number of thioether (sulfide) groups is 1. The first-order valence-corrected chi connectivity index (χ1v) is 14.2. The molecule has 0 fully saturated rings. The summed E-state index contributed by atoms with van der Waals surface area (Å²) in [4.78, 5) is 20.3. The number of aromatic amines is 1. The van der Waals surface area contributed by atoms with Gasteiger partial charge in [0.25, 0.3) is 10.1 Å². The Balaban J connectivity index is 1.37. The number of H-pyrrole nitrogens is 1. The van der Waals surface area contributed by atoms with Gasteiger partial charge in [0.2, 0.25) is 0 Å². The smallest absolute Gasteiger partial charge is 0.294 e. The van der Waals surface area contributed by atoms with E-state index in [0.29, 0.717) is 39.4 Å². The van der Waals surface area contributed by atoms with Crippen molar-refractivity contribution in [1.82, 2.24) is 14.9 Å². The predicted octanol–water partition coefficient (Wildman–Crippen LogP) is 5.59. The molecule has 0 spiro atoms. The molecule has 3 aromatic carbocycles. The predicted molar refractivity (Wildman–Crippen MR) is 145 cm³/mol. The number of fused-ring (bicyclic) bond motifs is 1. The molecule has 1 aromatic heterocycles. The molecule has 4 rings (SSSR count). The highest BCUT2D eigenvalue weighted by molar-refractivity contribution is 7.98. The van der Waals surface area contributed by atoms with Crippen molar-refractivity contribution in [3.8, 4) is 5.75 Å². The lowest BCUT2D eigenvalue weighted by Crippen LogP contribution is -2.25. The van der Waals surface area contributed by atoms with Gasteiger partial charge in [-0.3, -0.25) is 9.45 Å². The Labute approximate surface area is 227 Å². The molecule has 14 heteroatoms. The van der Waals surface area contributed by atoms with Crippen molar-refractivity contribution in [2.24, 2.45) is 0 Å². The minimum absolute atomic E-state index is 0.183. The van der Waals surface area contributed by atoms with Gasteiger partial charge < -0.3 is 9.87 Å². The number of imidazole rings is 1. The number of anilines is 1. The molecule has 0 radical (unpaired) electrons. The second kappa shape index (κ2) is 12.4. The van der Waals surface area contributed by atoms with Crippen LogP contribution < -0.4 is 9.36 Å². The highest BCUT2D eigenvalue weighted by Gasteiger charge is 2.14. The lowest BCUT2D eigenvalue weighted by Gasteiger charge is -2.22. The second-order valence-corrected chi connectivity index (χ2v) is 11.4. The Morgan fingerprint density at radius 3 is 2.46 bits per heavy atom. The van der Waals surface area contributed by atoms with Gasteiger partial charge in [-0.1, -0.05) is 39.8 Å². The molecule has 0 atom stereocenters. The summed E-state index contributed by atoms with van der Waals surface area (Å²) < 4.78 is 38.7. The third kappa shape index (κ3) is 7.99. The third-order valence-electron chi connectivity index (χ3n) is 4.73. The summed E-state index contributed by atoms with van der Waals surface area (Å²) in [5, 5.41) is 1.23. The molecule has 37 heavy (non-hydrogen) atoms. The summed E-state index contributed by atoms with van der Waals surface area (Å²) >= 11 is 8.24. The molecule has 0 unspecified atom stereocenters. The number of nitrogens with one attached hydrogen (secondary N) is 1. The van der Waals surface area contributed by atoms with Crippen LogP contribution >= 0.6 is 35.6 Å². The molecule has 0 aliphatic heterocycles. The fraction of sp³-hybridized carbons (Fsp3) is 0.174. The minimum Gasteiger partial charge on any atom is -0.333 e. The maximum atomic E-state index is 11.4. The molecule has 0 saturated carbocycles. The zero-order chi connectivity index (χ0) is 26.4. The Bertz CT molecular complexity index is 1430. The Morgan fingerprint density at radius 1 is 1.05 bits per heavy atom. The quantitative estimate of drug-likeness (QED) is 0.0414. The average Bonchev–Trinajstić information content (AvgIpc) is 3.28. The zero-order valence-corrected chi connectivity index (χ0v) is 22.9. The molecule has 1 heterocycles. The van der Waals surface area contributed by atoms with E-state index in [1.807, 2.05) is 43.3 Å². The van der Waals surface area contributed by atoms with Crippen molar-refractivity contribution < 1.29 is 27.0 Å². The monoisotopic (exact) mass is 582 g/mol. The van der Waals surface area contributed by atoms with E-state index >= 15 is 0 Å². The molecule has 0 saturated heterocycles. The van der Waals surface area contributed by atoms with Crippen molar-refractivity contribution >= 4 is 62.4 Å². The topological polar surface area (TPSA) is 117 Å². The Kier molecular flexibility index (Phi) is 9.21. The van der Waals surface area contributed by atoms with Gasteiger partial charge in [-0.2, -0.15) is 12.9 Å². The van der Waals surface area contributed by atoms with Gasteiger partial charge in [0.1, 0.15) is 6.73 Å². The average molecular weight is 583 g/mol. The number of halogens is 1. The maximum Gasteiger partial charge on any atom is 0.294 e.